The first-order chi connectivity index (χ1) is 12.5. The lowest BCUT2D eigenvalue weighted by molar-refractivity contribution is -0.113. The van der Waals surface area contributed by atoms with Crippen LogP contribution in [0.15, 0.2) is 35.6 Å². The number of nitrogens with one attached hydrogen (secondary N) is 2. The second-order valence-corrected chi connectivity index (χ2v) is 7.61. The zero-order valence-corrected chi connectivity index (χ0v) is 15.8. The van der Waals surface area contributed by atoms with Crippen LogP contribution in [0.4, 0.5) is 15.2 Å². The van der Waals surface area contributed by atoms with E-state index in [1.54, 1.807) is 18.3 Å². The molecule has 0 aliphatic carbocycles. The van der Waals surface area contributed by atoms with Gasteiger partial charge in [-0.05, 0) is 31.2 Å². The van der Waals surface area contributed by atoms with Gasteiger partial charge in [-0.3, -0.25) is 4.79 Å². The lowest BCUT2D eigenvalue weighted by atomic mass is 10.3. The molecule has 3 aromatic rings. The van der Waals surface area contributed by atoms with Gasteiger partial charge in [-0.15, -0.1) is 21.5 Å². The largest absolute Gasteiger partial charge is 0.378 e. The summed E-state index contributed by atoms with van der Waals surface area (Å²) in [6.07, 6.45) is 1.72. The highest BCUT2D eigenvalue weighted by molar-refractivity contribution is 7.99. The maximum atomic E-state index is 12.9. The number of carbonyl (C=O) groups is 1. The molecule has 0 saturated carbocycles. The average molecular weight is 392 g/mol. The molecule has 2 N–H and O–H groups in total. The Labute approximate surface area is 158 Å². The Morgan fingerprint density at radius 1 is 1.31 bits per heavy atom. The molecule has 2 aromatic heterocycles. The molecular formula is C16H17FN6OS2. The third-order valence-corrected chi connectivity index (χ3v) is 5.27. The number of rotatable bonds is 7. The minimum Gasteiger partial charge on any atom is -0.378 e. The molecule has 0 spiro atoms. The molecule has 1 aromatic carbocycles. The van der Waals surface area contributed by atoms with Gasteiger partial charge in [0.15, 0.2) is 16.1 Å². The molecule has 26 heavy (non-hydrogen) atoms. The van der Waals surface area contributed by atoms with Crippen LogP contribution in [0.3, 0.4) is 0 Å². The number of aromatic nitrogens is 4. The van der Waals surface area contributed by atoms with Crippen molar-refractivity contribution in [3.8, 4) is 0 Å². The predicted octanol–water partition coefficient (Wildman–Crippen LogP) is 3.06. The molecule has 3 rings (SSSR count). The van der Waals surface area contributed by atoms with Gasteiger partial charge in [0.25, 0.3) is 0 Å². The van der Waals surface area contributed by atoms with E-state index in [2.05, 4.69) is 25.8 Å². The van der Waals surface area contributed by atoms with E-state index in [1.165, 1.54) is 35.2 Å². The molecule has 136 valence electrons. The first kappa shape index (κ1) is 18.3. The maximum absolute atomic E-state index is 12.9. The Hall–Kier alpha value is -2.46. The molecular weight excluding hydrogens is 375 g/mol. The number of hydrogen-bond donors (Lipinski definition) is 2. The number of aryl methyl sites for hydroxylation is 1. The molecule has 0 radical (unpaired) electrons. The zero-order chi connectivity index (χ0) is 18.5. The Bertz CT molecular complexity index is 893. The summed E-state index contributed by atoms with van der Waals surface area (Å²) in [6.45, 7) is 2.38. The standard InChI is InChI=1S/C16H17FN6OS2/c1-10-7-19-15(26-10)20-14(24)9-25-16-22-21-13(23(16)2)8-18-12-5-3-11(17)4-6-12/h3-7,18H,8-9H2,1-2H3,(H,19,20,24). The summed E-state index contributed by atoms with van der Waals surface area (Å²) in [5.41, 5.74) is 0.793. The Balaban J connectivity index is 1.51. The highest BCUT2D eigenvalue weighted by Crippen LogP contribution is 2.19. The van der Waals surface area contributed by atoms with E-state index in [1.807, 2.05) is 18.5 Å². The first-order valence-corrected chi connectivity index (χ1v) is 9.54. The average Bonchev–Trinajstić information content (AvgIpc) is 3.18. The minimum absolute atomic E-state index is 0.140. The topological polar surface area (TPSA) is 84.7 Å². The third kappa shape index (κ3) is 4.79. The van der Waals surface area contributed by atoms with Gasteiger partial charge >= 0.3 is 0 Å². The lowest BCUT2D eigenvalue weighted by Gasteiger charge is -2.06. The van der Waals surface area contributed by atoms with Crippen molar-refractivity contribution in [3.05, 3.63) is 47.0 Å². The molecule has 10 heteroatoms. The second kappa shape index (κ2) is 8.28. The second-order valence-electron chi connectivity index (χ2n) is 5.43. The van der Waals surface area contributed by atoms with Crippen LogP contribution in [0, 0.1) is 12.7 Å². The number of amides is 1. The highest BCUT2D eigenvalue weighted by Gasteiger charge is 2.12. The summed E-state index contributed by atoms with van der Waals surface area (Å²) < 4.78 is 14.7. The molecule has 0 bridgehead atoms. The van der Waals surface area contributed by atoms with E-state index in [0.717, 1.165) is 10.6 Å². The van der Waals surface area contributed by atoms with Crippen LogP contribution in [0.25, 0.3) is 0 Å². The van der Waals surface area contributed by atoms with Crippen LogP contribution in [-0.4, -0.2) is 31.4 Å². The van der Waals surface area contributed by atoms with E-state index >= 15 is 0 Å². The lowest BCUT2D eigenvalue weighted by Crippen LogP contribution is -2.14. The summed E-state index contributed by atoms with van der Waals surface area (Å²) in [6, 6.07) is 6.10. The van der Waals surface area contributed by atoms with Crippen LogP contribution in [-0.2, 0) is 18.4 Å². The van der Waals surface area contributed by atoms with Gasteiger partial charge in [0.1, 0.15) is 5.82 Å². The van der Waals surface area contributed by atoms with Gasteiger partial charge in [0.2, 0.25) is 5.91 Å². The van der Waals surface area contributed by atoms with Crippen molar-refractivity contribution in [2.75, 3.05) is 16.4 Å². The van der Waals surface area contributed by atoms with Crippen molar-refractivity contribution in [2.24, 2.45) is 7.05 Å². The number of thioether (sulfide) groups is 1. The Kier molecular flexibility index (Phi) is 5.84. The number of nitrogens with zero attached hydrogens (tertiary/aromatic N) is 4. The van der Waals surface area contributed by atoms with E-state index in [0.29, 0.717) is 22.7 Å². The summed E-state index contributed by atoms with van der Waals surface area (Å²) in [5.74, 6) is 0.515. The van der Waals surface area contributed by atoms with Crippen LogP contribution in [0.5, 0.6) is 0 Å². The van der Waals surface area contributed by atoms with E-state index < -0.39 is 0 Å². The Morgan fingerprint density at radius 2 is 2.08 bits per heavy atom. The zero-order valence-electron chi connectivity index (χ0n) is 14.2. The predicted molar refractivity (Wildman–Crippen MR) is 101 cm³/mol. The van der Waals surface area contributed by atoms with Gasteiger partial charge in [0.05, 0.1) is 12.3 Å². The van der Waals surface area contributed by atoms with Crippen molar-refractivity contribution < 1.29 is 9.18 Å². The molecule has 1 amide bonds. The van der Waals surface area contributed by atoms with Crippen LogP contribution >= 0.6 is 23.1 Å². The molecule has 0 aliphatic heterocycles. The number of thiazole rings is 1. The Morgan fingerprint density at radius 3 is 2.77 bits per heavy atom. The molecule has 2 heterocycles. The minimum atomic E-state index is -0.279. The molecule has 0 aliphatic rings. The monoisotopic (exact) mass is 392 g/mol. The van der Waals surface area contributed by atoms with E-state index in [-0.39, 0.29) is 17.5 Å². The van der Waals surface area contributed by atoms with E-state index in [9.17, 15) is 9.18 Å². The van der Waals surface area contributed by atoms with Crippen molar-refractivity contribution in [2.45, 2.75) is 18.6 Å². The van der Waals surface area contributed by atoms with Crippen molar-refractivity contribution in [1.82, 2.24) is 19.7 Å². The summed E-state index contributed by atoms with van der Waals surface area (Å²) in [7, 11) is 1.84. The normalized spacial score (nSPS) is 10.7. The first-order valence-electron chi connectivity index (χ1n) is 7.74. The molecule has 0 fully saturated rings. The summed E-state index contributed by atoms with van der Waals surface area (Å²) in [4.78, 5) is 17.1. The van der Waals surface area contributed by atoms with Gasteiger partial charge in [-0.2, -0.15) is 0 Å². The number of benzene rings is 1. The van der Waals surface area contributed by atoms with Crippen LogP contribution in [0.1, 0.15) is 10.7 Å². The fourth-order valence-electron chi connectivity index (χ4n) is 2.07. The van der Waals surface area contributed by atoms with Crippen LogP contribution < -0.4 is 10.6 Å². The third-order valence-electron chi connectivity index (χ3n) is 3.42. The molecule has 0 saturated heterocycles. The van der Waals surface area contributed by atoms with Gasteiger partial charge in [-0.25, -0.2) is 9.37 Å². The maximum Gasteiger partial charge on any atom is 0.236 e. The molecule has 7 nitrogen and oxygen atoms in total. The SMILES string of the molecule is Cc1cnc(NC(=O)CSc2nnc(CNc3ccc(F)cc3)n2C)s1. The van der Waals surface area contributed by atoms with E-state index in [4.69, 9.17) is 0 Å². The van der Waals surface area contributed by atoms with Crippen molar-refractivity contribution in [1.29, 1.82) is 0 Å². The molecule has 0 atom stereocenters. The number of carbonyl (C=O) groups excluding carboxylic acids is 1. The fourth-order valence-corrected chi connectivity index (χ4v) is 3.48. The van der Waals surface area contributed by atoms with Gasteiger partial charge < -0.3 is 15.2 Å². The molecule has 0 unspecified atom stereocenters. The summed E-state index contributed by atoms with van der Waals surface area (Å²) >= 11 is 2.74. The summed E-state index contributed by atoms with van der Waals surface area (Å²) in [5, 5.41) is 15.4. The highest BCUT2D eigenvalue weighted by atomic mass is 32.2. The van der Waals surface area contributed by atoms with Crippen molar-refractivity contribution in [3.63, 3.8) is 0 Å². The smallest absolute Gasteiger partial charge is 0.236 e. The van der Waals surface area contributed by atoms with Crippen LogP contribution in [0.2, 0.25) is 0 Å². The number of anilines is 2. The number of halogens is 1. The fraction of sp³-hybridized carbons (Fsp3) is 0.250. The quantitative estimate of drug-likeness (QED) is 0.601. The van der Waals surface area contributed by atoms with Gasteiger partial charge in [-0.1, -0.05) is 11.8 Å². The number of hydrogen-bond acceptors (Lipinski definition) is 7. The van der Waals surface area contributed by atoms with Gasteiger partial charge in [0, 0.05) is 23.8 Å². The van der Waals surface area contributed by atoms with Crippen molar-refractivity contribution >= 4 is 39.8 Å².